The lowest BCUT2D eigenvalue weighted by Gasteiger charge is -2.62. The lowest BCUT2D eigenvalue weighted by molar-refractivity contribution is -0.190. The van der Waals surface area contributed by atoms with Crippen molar-refractivity contribution >= 4 is 23.5 Å². The van der Waals surface area contributed by atoms with Gasteiger partial charge in [0.2, 0.25) is 0 Å². The van der Waals surface area contributed by atoms with Crippen molar-refractivity contribution in [3.05, 3.63) is 46.9 Å². The zero-order chi connectivity index (χ0) is 51.4. The molecule has 8 aliphatic carbocycles. The first-order valence-corrected chi connectivity index (χ1v) is 27.4. The third-order valence-electron chi connectivity index (χ3n) is 21.4. The van der Waals surface area contributed by atoms with Crippen molar-refractivity contribution in [2.24, 2.45) is 104 Å². The summed E-state index contributed by atoms with van der Waals surface area (Å²) in [7, 11) is 0. The Kier molecular flexibility index (Phi) is 13.5. The van der Waals surface area contributed by atoms with Gasteiger partial charge in [0.15, 0.2) is 17.5 Å². The molecule has 0 spiro atoms. The van der Waals surface area contributed by atoms with Gasteiger partial charge in [0.25, 0.3) is 0 Å². The molecular formula is C57H81N5O10. The average Bonchev–Trinajstić information content (AvgIpc) is 4.05. The molecule has 1 aromatic heterocycles. The van der Waals surface area contributed by atoms with E-state index >= 15 is 4.79 Å². The Balaban J connectivity index is 1.17. The Bertz CT molecular complexity index is 2440. The Morgan fingerprint density at radius 1 is 1.00 bits per heavy atom. The van der Waals surface area contributed by atoms with Gasteiger partial charge >= 0.3 is 5.97 Å². The molecule has 1 aromatic rings. The van der Waals surface area contributed by atoms with E-state index in [0.717, 1.165) is 37.7 Å². The minimum absolute atomic E-state index is 0.0202. The fourth-order valence-corrected chi connectivity index (χ4v) is 18.3. The molecule has 72 heavy (non-hydrogen) atoms. The van der Waals surface area contributed by atoms with Crippen molar-refractivity contribution in [3.63, 3.8) is 0 Å². The second kappa shape index (κ2) is 19.0. The molecule has 0 radical (unpaired) electrons. The van der Waals surface area contributed by atoms with Crippen LogP contribution in [-0.2, 0) is 19.1 Å². The van der Waals surface area contributed by atoms with Gasteiger partial charge in [-0.15, -0.1) is 5.92 Å². The van der Waals surface area contributed by atoms with Gasteiger partial charge in [0.05, 0.1) is 54.3 Å². The number of H-pyrrole nitrogens is 1. The summed E-state index contributed by atoms with van der Waals surface area (Å²) in [4.78, 5) is 49.9. The van der Waals surface area contributed by atoms with Crippen LogP contribution in [0.3, 0.4) is 0 Å². The van der Waals surface area contributed by atoms with Crippen molar-refractivity contribution < 1.29 is 49.8 Å². The van der Waals surface area contributed by atoms with Gasteiger partial charge in [-0.3, -0.25) is 19.4 Å². The lowest BCUT2D eigenvalue weighted by atomic mass is 9.44. The fraction of sp³-hybridized carbons (Fsp3) is 0.754. The number of fused-ring (bicyclic) bond motifs is 8. The highest BCUT2D eigenvalue weighted by Crippen LogP contribution is 2.72. The minimum Gasteiger partial charge on any atom is -0.465 e. The number of guanidine groups is 1. The van der Waals surface area contributed by atoms with E-state index in [-0.39, 0.29) is 104 Å². The Labute approximate surface area is 424 Å². The van der Waals surface area contributed by atoms with Crippen molar-refractivity contribution in [2.75, 3.05) is 19.8 Å². The van der Waals surface area contributed by atoms with Crippen LogP contribution >= 0.6 is 0 Å². The van der Waals surface area contributed by atoms with Crippen LogP contribution in [0.25, 0.3) is 0 Å². The smallest absolute Gasteiger partial charge is 0.313 e. The average molecular weight is 996 g/mol. The SMILES string of the molecule is CC(=O)C(CO)NC1=C2C(CCC3(CCN=C(N)N)C4C(CC#CC(C5COC(=O)C5c5cc[nH]c5)C5CCC6C=C7CCC(C)CC7C5C6C(C)CC(O)C4(C)O)CC23O)C2(C)CC(O)C(O)CC2C1=O. The summed E-state index contributed by atoms with van der Waals surface area (Å²) in [5.74, 6) is 4.41. The van der Waals surface area contributed by atoms with E-state index in [2.05, 4.69) is 47.1 Å². The van der Waals surface area contributed by atoms with Gasteiger partial charge in [-0.25, -0.2) is 0 Å². The minimum atomic E-state index is -1.89. The Morgan fingerprint density at radius 3 is 2.49 bits per heavy atom. The predicted molar refractivity (Wildman–Crippen MR) is 269 cm³/mol. The molecule has 1 saturated heterocycles. The molecule has 6 fully saturated rings. The number of nitrogens with one attached hydrogen (secondary N) is 2. The number of aromatic amines is 1. The van der Waals surface area contributed by atoms with Crippen molar-refractivity contribution in [1.29, 1.82) is 0 Å². The van der Waals surface area contributed by atoms with Crippen LogP contribution in [0, 0.1) is 99.6 Å². The summed E-state index contributed by atoms with van der Waals surface area (Å²) < 4.78 is 6.00. The highest BCUT2D eigenvalue weighted by molar-refractivity contribution is 6.00. The summed E-state index contributed by atoms with van der Waals surface area (Å²) in [5, 5.41) is 77.1. The number of rotatable bonds is 9. The molecule has 9 aliphatic rings. The number of aliphatic hydroxyl groups excluding tert-OH is 4. The molecule has 2 heterocycles. The molecule has 5 saturated carbocycles. The first kappa shape index (κ1) is 51.4. The second-order valence-electron chi connectivity index (χ2n) is 25.1. The molecule has 0 aromatic carbocycles. The van der Waals surface area contributed by atoms with E-state index < -0.39 is 94.1 Å². The number of nitrogens with zero attached hydrogens (tertiary/aromatic N) is 1. The number of carbonyl (C=O) groups excluding carboxylic acids is 3. The quantitative estimate of drug-likeness (QED) is 0.0552. The molecule has 10 rings (SSSR count). The van der Waals surface area contributed by atoms with Gasteiger partial charge in [-0.05, 0) is 167 Å². The van der Waals surface area contributed by atoms with Gasteiger partial charge in [0.1, 0.15) is 6.04 Å². The molecule has 0 amide bonds. The topological polar surface area (TPSA) is 274 Å². The molecule has 15 heteroatoms. The third kappa shape index (κ3) is 8.05. The molecule has 4 bridgehead atoms. The van der Waals surface area contributed by atoms with E-state index in [4.69, 9.17) is 16.2 Å². The Hall–Kier alpha value is -4.04. The van der Waals surface area contributed by atoms with Crippen molar-refractivity contribution in [3.8, 4) is 11.8 Å². The van der Waals surface area contributed by atoms with E-state index in [1.165, 1.54) is 6.92 Å². The standard InChI is InChI=1S/C57H81N5O10/c1-28-9-10-31-21-32-11-12-36-35(38-27-72-52(69)46(38)34-14-17-60-25-34)8-6-7-33-23-57(71)48-39(54(4)24-43(66)42(65)22-40(54)50(68)49(48)62-41(26-63)30(3)64)13-15-56(57,16-18-61-53(58)59)51(33)55(5,70)44(67)20-29(2)45(32)47(36)37(31)19-28/h14,17,21,25,28-29,32-33,35-47,51,60,62-63,65-67,70-71H,7,9-13,15-16,18-20,22-24,26-27H2,1-5H3,(H4,58,59,61). The van der Waals surface area contributed by atoms with Gasteiger partial charge < -0.3 is 57.1 Å². The number of aliphatic imine (C=N–C) groups is 1. The van der Waals surface area contributed by atoms with Gasteiger partial charge in [-0.1, -0.05) is 38.3 Å². The highest BCUT2D eigenvalue weighted by Gasteiger charge is 2.74. The number of ether oxygens (including phenoxy) is 1. The zero-order valence-electron chi connectivity index (χ0n) is 42.9. The van der Waals surface area contributed by atoms with Crippen LogP contribution in [0.5, 0.6) is 0 Å². The number of ketones is 2. The molecule has 394 valence electrons. The van der Waals surface area contributed by atoms with Crippen molar-refractivity contribution in [2.45, 2.75) is 160 Å². The van der Waals surface area contributed by atoms with Gasteiger partial charge in [0, 0.05) is 54.4 Å². The molecule has 15 nitrogen and oxygen atoms in total. The number of aliphatic hydroxyl groups is 6. The van der Waals surface area contributed by atoms with Crippen LogP contribution < -0.4 is 16.8 Å². The van der Waals surface area contributed by atoms with Crippen molar-refractivity contribution in [1.82, 2.24) is 10.3 Å². The normalized spacial score (nSPS) is 46.9. The first-order chi connectivity index (χ1) is 34.2. The summed E-state index contributed by atoms with van der Waals surface area (Å²) in [5.41, 5.74) is 8.88. The lowest BCUT2D eigenvalue weighted by Crippen LogP contribution is -2.66. The number of cyclic esters (lactones) is 1. The maximum Gasteiger partial charge on any atom is 0.313 e. The van der Waals surface area contributed by atoms with Crippen LogP contribution in [0.1, 0.15) is 130 Å². The van der Waals surface area contributed by atoms with E-state index in [1.807, 2.05) is 25.4 Å². The largest absolute Gasteiger partial charge is 0.465 e. The predicted octanol–water partition coefficient (Wildman–Crippen LogP) is 4.01. The number of hydrogen-bond acceptors (Lipinski definition) is 12. The Morgan fingerprint density at radius 2 is 1.78 bits per heavy atom. The number of aromatic nitrogens is 1. The molecule has 22 atom stereocenters. The number of hydrogen-bond donors (Lipinski definition) is 10. The van der Waals surface area contributed by atoms with E-state index in [0.29, 0.717) is 36.7 Å². The molecular weight excluding hydrogens is 915 g/mol. The first-order valence-electron chi connectivity index (χ1n) is 27.4. The van der Waals surface area contributed by atoms with E-state index in [1.54, 1.807) is 12.5 Å². The van der Waals surface area contributed by atoms with Crippen LogP contribution in [-0.4, -0.2) is 114 Å². The number of esters is 1. The van der Waals surface area contributed by atoms with Gasteiger partial charge in [-0.2, -0.15) is 0 Å². The fourth-order valence-electron chi connectivity index (χ4n) is 18.3. The number of allylic oxidation sites excluding steroid dienone is 3. The van der Waals surface area contributed by atoms with Crippen LogP contribution in [0.15, 0.2) is 46.4 Å². The number of nitrogens with two attached hydrogens (primary N) is 2. The second-order valence-corrected chi connectivity index (χ2v) is 25.1. The van der Waals surface area contributed by atoms with Crippen LogP contribution in [0.2, 0.25) is 0 Å². The molecule has 1 aliphatic heterocycles. The monoisotopic (exact) mass is 996 g/mol. The maximum atomic E-state index is 15.3. The molecule has 12 N–H and O–H groups in total. The van der Waals surface area contributed by atoms with E-state index in [9.17, 15) is 40.2 Å². The highest BCUT2D eigenvalue weighted by atomic mass is 16.5. The maximum absolute atomic E-state index is 15.3. The zero-order valence-corrected chi connectivity index (χ0v) is 42.9. The number of carbonyl (C=O) groups is 3. The van der Waals surface area contributed by atoms with Crippen LogP contribution in [0.4, 0.5) is 0 Å². The molecule has 22 unspecified atom stereocenters. The summed E-state index contributed by atoms with van der Waals surface area (Å²) >= 11 is 0. The number of Topliss-reactive ketones (excluding diaryl/α,β-unsaturated/α-hetero) is 2. The third-order valence-corrected chi connectivity index (χ3v) is 21.4. The summed E-state index contributed by atoms with van der Waals surface area (Å²) in [6.45, 7) is 9.27. The summed E-state index contributed by atoms with van der Waals surface area (Å²) in [6.07, 6.45) is 9.48. The summed E-state index contributed by atoms with van der Waals surface area (Å²) in [6, 6.07) is 0.775.